The molecule has 0 rings (SSSR count). The summed E-state index contributed by atoms with van der Waals surface area (Å²) in [5.41, 5.74) is 0. The Morgan fingerprint density at radius 3 is 1.50 bits per heavy atom. The van der Waals surface area contributed by atoms with Crippen LogP contribution in [0.25, 0.3) is 0 Å². The molecule has 0 aromatic carbocycles. The third kappa shape index (κ3) is 52.1. The van der Waals surface area contributed by atoms with Gasteiger partial charge in [0.1, 0.15) is 0 Å². The number of hydrogen-bond acceptors (Lipinski definition) is 2. The van der Waals surface area contributed by atoms with Crippen LogP contribution >= 0.6 is 0 Å². The van der Waals surface area contributed by atoms with E-state index in [4.69, 9.17) is 13.0 Å². The van der Waals surface area contributed by atoms with Crippen LogP contribution in [-0.4, -0.2) is 42.5 Å². The Hall–Kier alpha value is 1.43. The van der Waals surface area contributed by atoms with Gasteiger partial charge in [0.15, 0.2) is 0 Å². The second-order valence-corrected chi connectivity index (χ2v) is 2.91. The Bertz CT molecular complexity index is 94.0. The molecule has 0 amide bonds. The Morgan fingerprint density at radius 1 is 1.50 bits per heavy atom. The minimum atomic E-state index is -3.92. The van der Waals surface area contributed by atoms with Gasteiger partial charge in [0.2, 0.25) is 0 Å². The van der Waals surface area contributed by atoms with E-state index in [-0.39, 0.29) is 29.6 Å². The van der Waals surface area contributed by atoms with Crippen LogP contribution in [0, 0.1) is 0 Å². The average molecular weight is 160 g/mol. The van der Waals surface area contributed by atoms with Gasteiger partial charge in [0.05, 0.1) is 0 Å². The van der Waals surface area contributed by atoms with Gasteiger partial charge >= 0.3 is 36.4 Å². The van der Waals surface area contributed by atoms with Crippen molar-refractivity contribution in [2.45, 2.75) is 0 Å². The van der Waals surface area contributed by atoms with E-state index in [9.17, 15) is 0 Å². The van der Waals surface area contributed by atoms with Gasteiger partial charge in [0, 0.05) is 29.6 Å². The van der Waals surface area contributed by atoms with E-state index >= 15 is 0 Å². The fraction of sp³-hybridized carbons (Fsp3) is 0. The summed E-state index contributed by atoms with van der Waals surface area (Å²) in [7, 11) is -3.92. The molecule has 0 spiro atoms. The van der Waals surface area contributed by atoms with Crippen LogP contribution in [0.4, 0.5) is 0 Å². The quantitative estimate of drug-likeness (QED) is 0.363. The van der Waals surface area contributed by atoms with Gasteiger partial charge in [-0.1, -0.05) is 0 Å². The van der Waals surface area contributed by atoms with Crippen molar-refractivity contribution in [1.82, 2.24) is 0 Å². The fourth-order valence-corrected chi connectivity index (χ4v) is 0. The van der Waals surface area contributed by atoms with Gasteiger partial charge in [-0.15, -0.1) is 0 Å². The molecule has 1 N–H and O–H groups in total. The molecular weight excluding hydrogens is 159 g/mol. The van der Waals surface area contributed by atoms with Crippen LogP contribution in [0.1, 0.15) is 0 Å². The second kappa shape index (κ2) is 3.43. The molecule has 0 bridgehead atoms. The summed E-state index contributed by atoms with van der Waals surface area (Å²) in [6.07, 6.45) is 0. The Kier molecular flexibility index (Phi) is 5.96. The maximum absolute atomic E-state index is 9.08. The van der Waals surface area contributed by atoms with Crippen molar-refractivity contribution in [3.05, 3.63) is 0 Å². The first-order valence-electron chi connectivity index (χ1n) is 0.660. The summed E-state index contributed by atoms with van der Waals surface area (Å²) in [5, 5.41) is 0. The SMILES string of the molecule is O=[S](=O)(O)[Fe].[Na]. The summed E-state index contributed by atoms with van der Waals surface area (Å²) in [6.45, 7) is 0. The van der Waals surface area contributed by atoms with Crippen LogP contribution in [0.2, 0.25) is 0 Å². The minimum Gasteiger partial charge on any atom is 0 e. The van der Waals surface area contributed by atoms with Crippen LogP contribution < -0.4 is 0 Å². The summed E-state index contributed by atoms with van der Waals surface area (Å²) < 4.78 is 25.5. The summed E-state index contributed by atoms with van der Waals surface area (Å²) in [4.78, 5) is 0. The minimum absolute atomic E-state index is 0. The molecule has 0 heterocycles. The van der Waals surface area contributed by atoms with Crippen LogP contribution in [0.15, 0.2) is 0 Å². The summed E-state index contributed by atoms with van der Waals surface area (Å²) in [6, 6.07) is 0. The van der Waals surface area contributed by atoms with Crippen molar-refractivity contribution in [1.29, 1.82) is 0 Å². The van der Waals surface area contributed by atoms with Crippen molar-refractivity contribution in [3.63, 3.8) is 0 Å². The first kappa shape index (κ1) is 10.4. The van der Waals surface area contributed by atoms with Gasteiger partial charge in [-0.2, -0.15) is 0 Å². The Balaban J connectivity index is 0. The molecule has 0 unspecified atom stereocenters. The standard InChI is InChI=1S/Fe.Na.HO3S/c;;1-4(2)3/h;;(H,1,2,3). The van der Waals surface area contributed by atoms with E-state index in [1.54, 1.807) is 0 Å². The van der Waals surface area contributed by atoms with Gasteiger partial charge in [-0.3, -0.25) is 0 Å². The van der Waals surface area contributed by atoms with Gasteiger partial charge < -0.3 is 0 Å². The van der Waals surface area contributed by atoms with E-state index in [1.807, 2.05) is 0 Å². The molecule has 0 aliphatic rings. The maximum atomic E-state index is 9.08. The van der Waals surface area contributed by atoms with E-state index in [0.717, 1.165) is 0 Å². The molecule has 0 aliphatic heterocycles. The largest absolute Gasteiger partial charge is 0 e. The van der Waals surface area contributed by atoms with Crippen molar-refractivity contribution < 1.29 is 27.9 Å². The molecule has 0 fully saturated rings. The molecule has 34 valence electrons. The van der Waals surface area contributed by atoms with Crippen molar-refractivity contribution in [2.75, 3.05) is 0 Å². The molecule has 0 aliphatic carbocycles. The first-order valence-corrected chi connectivity index (χ1v) is 3.33. The van der Waals surface area contributed by atoms with Crippen molar-refractivity contribution >= 4 is 38.1 Å². The summed E-state index contributed by atoms with van der Waals surface area (Å²) in [5.74, 6) is 0. The molecule has 1 radical (unpaired) electrons. The molecule has 0 aromatic heterocycles. The van der Waals surface area contributed by atoms with E-state index < -0.39 is 8.54 Å². The molecule has 6 heavy (non-hydrogen) atoms. The van der Waals surface area contributed by atoms with Crippen LogP contribution in [0.5, 0.6) is 0 Å². The van der Waals surface area contributed by atoms with Crippen molar-refractivity contribution in [3.8, 4) is 0 Å². The zero-order chi connectivity index (χ0) is 4.50. The van der Waals surface area contributed by atoms with Crippen LogP contribution in [-0.2, 0) is 23.4 Å². The Labute approximate surface area is 65.4 Å². The molecular formula is HFeNaO3S. The molecule has 0 atom stereocenters. The molecule has 0 saturated heterocycles. The smallest absolute Gasteiger partial charge is 0 e. The van der Waals surface area contributed by atoms with E-state index in [0.29, 0.717) is 0 Å². The van der Waals surface area contributed by atoms with Gasteiger partial charge in [0.25, 0.3) is 0 Å². The van der Waals surface area contributed by atoms with Gasteiger partial charge in [-0.05, 0) is 0 Å². The fourth-order valence-electron chi connectivity index (χ4n) is 0. The Morgan fingerprint density at radius 2 is 1.50 bits per heavy atom. The van der Waals surface area contributed by atoms with E-state index in [1.165, 1.54) is 0 Å². The summed E-state index contributed by atoms with van der Waals surface area (Å²) >= 11 is 2.30. The molecule has 3 nitrogen and oxygen atoms in total. The average Bonchev–Trinajstić information content (AvgIpc) is 0.722. The monoisotopic (exact) mass is 160 g/mol. The third-order valence-corrected chi connectivity index (χ3v) is 0. The molecule has 0 aromatic rings. The first-order chi connectivity index (χ1) is 2.00. The molecule has 6 heteroatoms. The van der Waals surface area contributed by atoms with Gasteiger partial charge in [-0.25, -0.2) is 0 Å². The van der Waals surface area contributed by atoms with E-state index in [2.05, 4.69) is 14.9 Å². The second-order valence-electron chi connectivity index (χ2n) is 0.400. The third-order valence-electron chi connectivity index (χ3n) is 0. The number of rotatable bonds is 0. The normalized spacial score (nSPS) is 9.67. The molecule has 0 saturated carbocycles. The van der Waals surface area contributed by atoms with Crippen molar-refractivity contribution in [2.24, 2.45) is 0 Å². The zero-order valence-electron chi connectivity index (χ0n) is 3.03. The maximum Gasteiger partial charge on any atom is 0 e. The van der Waals surface area contributed by atoms with Crippen LogP contribution in [0.3, 0.4) is 0 Å². The number of hydrogen-bond donors (Lipinski definition) is 1. The predicted octanol–water partition coefficient (Wildman–Crippen LogP) is -1.04. The zero-order valence-corrected chi connectivity index (χ0v) is 6.95. The predicted molar refractivity (Wildman–Crippen MR) is 17.3 cm³/mol. The topological polar surface area (TPSA) is 54.4 Å².